The van der Waals surface area contributed by atoms with E-state index in [1.807, 2.05) is 0 Å². The van der Waals surface area contributed by atoms with Crippen molar-refractivity contribution in [1.29, 1.82) is 0 Å². The Bertz CT molecular complexity index is 769. The van der Waals surface area contributed by atoms with E-state index < -0.39 is 0 Å². The van der Waals surface area contributed by atoms with Gasteiger partial charge in [0.05, 0.1) is 0 Å². The summed E-state index contributed by atoms with van der Waals surface area (Å²) < 4.78 is 5.79. The van der Waals surface area contributed by atoms with Gasteiger partial charge in [-0.1, -0.05) is 76.2 Å². The summed E-state index contributed by atoms with van der Waals surface area (Å²) in [6, 6.07) is 15.1. The molecule has 1 fully saturated rings. The fourth-order valence-corrected chi connectivity index (χ4v) is 4.47. The van der Waals surface area contributed by atoms with Crippen LogP contribution in [0.15, 0.2) is 55.1 Å². The largest absolute Gasteiger partial charge is 0.459 e. The Kier molecular flexibility index (Phi) is 4.99. The van der Waals surface area contributed by atoms with E-state index in [9.17, 15) is 4.79 Å². The summed E-state index contributed by atoms with van der Waals surface area (Å²) in [6.07, 6.45) is 4.41. The van der Waals surface area contributed by atoms with Gasteiger partial charge in [0, 0.05) is 12.0 Å². The van der Waals surface area contributed by atoms with Crippen molar-refractivity contribution in [2.75, 3.05) is 0 Å². The standard InChI is InChI=1S/C23H28O2/c1-5-22(24)25-21-15-16(2)13-14-20(21)23(3,4)19-12-8-10-17-9-6-7-11-18(17)19/h5-12,16,20-21H,1,13-15H2,2-4H3/t16-,20-,21-/m1/s1. The number of rotatable bonds is 4. The first-order valence-electron chi connectivity index (χ1n) is 9.24. The molecule has 0 unspecified atom stereocenters. The smallest absolute Gasteiger partial charge is 0.330 e. The summed E-state index contributed by atoms with van der Waals surface area (Å²) in [4.78, 5) is 11.9. The van der Waals surface area contributed by atoms with Gasteiger partial charge in [0.25, 0.3) is 0 Å². The van der Waals surface area contributed by atoms with E-state index in [-0.39, 0.29) is 17.5 Å². The molecule has 0 N–H and O–H groups in total. The second-order valence-electron chi connectivity index (χ2n) is 7.95. The Balaban J connectivity index is 2.01. The zero-order valence-electron chi connectivity index (χ0n) is 15.5. The zero-order valence-corrected chi connectivity index (χ0v) is 15.5. The topological polar surface area (TPSA) is 26.3 Å². The molecule has 0 spiro atoms. The number of hydrogen-bond acceptors (Lipinski definition) is 2. The normalized spacial score (nSPS) is 24.0. The lowest BCUT2D eigenvalue weighted by Crippen LogP contribution is -2.43. The van der Waals surface area contributed by atoms with Crippen molar-refractivity contribution >= 4 is 16.7 Å². The Morgan fingerprint density at radius 3 is 2.64 bits per heavy atom. The summed E-state index contributed by atoms with van der Waals surface area (Å²) in [6.45, 7) is 10.4. The number of carbonyl (C=O) groups excluding carboxylic acids is 1. The van der Waals surface area contributed by atoms with Gasteiger partial charge < -0.3 is 4.74 Å². The number of carbonyl (C=O) groups is 1. The molecule has 3 atom stereocenters. The highest BCUT2D eigenvalue weighted by molar-refractivity contribution is 5.86. The minimum absolute atomic E-state index is 0.0526. The van der Waals surface area contributed by atoms with Gasteiger partial charge in [-0.2, -0.15) is 0 Å². The number of benzene rings is 2. The van der Waals surface area contributed by atoms with E-state index in [1.54, 1.807) is 0 Å². The third-order valence-corrected chi connectivity index (χ3v) is 5.90. The van der Waals surface area contributed by atoms with E-state index in [0.29, 0.717) is 11.8 Å². The number of fused-ring (bicyclic) bond motifs is 1. The summed E-state index contributed by atoms with van der Waals surface area (Å²) in [5.41, 5.74) is 1.26. The molecular formula is C23H28O2. The van der Waals surface area contributed by atoms with Gasteiger partial charge >= 0.3 is 5.97 Å². The van der Waals surface area contributed by atoms with Crippen LogP contribution in [0.2, 0.25) is 0 Å². The number of esters is 1. The summed E-state index contributed by atoms with van der Waals surface area (Å²) in [7, 11) is 0. The Morgan fingerprint density at radius 2 is 1.88 bits per heavy atom. The molecule has 0 radical (unpaired) electrons. The van der Waals surface area contributed by atoms with Crippen molar-refractivity contribution in [2.24, 2.45) is 11.8 Å². The molecule has 1 aliphatic rings. The fourth-order valence-electron chi connectivity index (χ4n) is 4.47. The molecule has 0 amide bonds. The fraction of sp³-hybridized carbons (Fsp3) is 0.435. The highest BCUT2D eigenvalue weighted by Crippen LogP contribution is 2.45. The van der Waals surface area contributed by atoms with Crippen LogP contribution in [0.1, 0.15) is 45.6 Å². The lowest BCUT2D eigenvalue weighted by Gasteiger charge is -2.44. The highest BCUT2D eigenvalue weighted by atomic mass is 16.5. The molecule has 0 heterocycles. The first-order chi connectivity index (χ1) is 11.9. The maximum Gasteiger partial charge on any atom is 0.330 e. The molecule has 1 aliphatic carbocycles. The summed E-state index contributed by atoms with van der Waals surface area (Å²) in [5, 5.41) is 2.55. The number of ether oxygens (including phenoxy) is 1. The van der Waals surface area contributed by atoms with Crippen LogP contribution in [0, 0.1) is 11.8 Å². The van der Waals surface area contributed by atoms with Crippen molar-refractivity contribution in [3.05, 3.63) is 60.7 Å². The van der Waals surface area contributed by atoms with Crippen molar-refractivity contribution in [1.82, 2.24) is 0 Å². The summed E-state index contributed by atoms with van der Waals surface area (Å²) in [5.74, 6) is 0.582. The van der Waals surface area contributed by atoms with Crippen LogP contribution >= 0.6 is 0 Å². The van der Waals surface area contributed by atoms with E-state index in [0.717, 1.165) is 12.8 Å². The van der Waals surface area contributed by atoms with Crippen molar-refractivity contribution in [3.8, 4) is 0 Å². The van der Waals surface area contributed by atoms with Crippen molar-refractivity contribution < 1.29 is 9.53 Å². The molecule has 132 valence electrons. The van der Waals surface area contributed by atoms with Crippen LogP contribution in [0.25, 0.3) is 10.8 Å². The average molecular weight is 336 g/mol. The maximum atomic E-state index is 11.9. The van der Waals surface area contributed by atoms with Gasteiger partial charge in [0.15, 0.2) is 0 Å². The molecule has 0 saturated heterocycles. The van der Waals surface area contributed by atoms with E-state index in [4.69, 9.17) is 4.74 Å². The monoisotopic (exact) mass is 336 g/mol. The Labute approximate surface area is 150 Å². The van der Waals surface area contributed by atoms with Gasteiger partial charge in [-0.15, -0.1) is 0 Å². The molecule has 2 heteroatoms. The lowest BCUT2D eigenvalue weighted by atomic mass is 9.64. The van der Waals surface area contributed by atoms with Gasteiger partial charge in [0.1, 0.15) is 6.10 Å². The quantitative estimate of drug-likeness (QED) is 0.532. The van der Waals surface area contributed by atoms with Crippen LogP contribution < -0.4 is 0 Å². The van der Waals surface area contributed by atoms with Crippen LogP contribution in [-0.2, 0) is 14.9 Å². The van der Waals surface area contributed by atoms with E-state index in [2.05, 4.69) is 69.8 Å². The predicted molar refractivity (Wildman–Crippen MR) is 104 cm³/mol. The van der Waals surface area contributed by atoms with Crippen LogP contribution in [0.4, 0.5) is 0 Å². The Morgan fingerprint density at radius 1 is 1.16 bits per heavy atom. The third-order valence-electron chi connectivity index (χ3n) is 5.90. The van der Waals surface area contributed by atoms with Gasteiger partial charge in [0.2, 0.25) is 0 Å². The molecule has 1 saturated carbocycles. The van der Waals surface area contributed by atoms with E-state index >= 15 is 0 Å². The second-order valence-corrected chi connectivity index (χ2v) is 7.95. The molecule has 0 aromatic heterocycles. The van der Waals surface area contributed by atoms with E-state index in [1.165, 1.54) is 28.8 Å². The first-order valence-corrected chi connectivity index (χ1v) is 9.24. The number of hydrogen-bond donors (Lipinski definition) is 0. The Hall–Kier alpha value is -2.09. The molecule has 0 aliphatic heterocycles. The SMILES string of the molecule is C=CC(=O)O[C@@H]1C[C@H](C)CC[C@H]1C(C)(C)c1cccc2ccccc12. The van der Waals surface area contributed by atoms with Crippen LogP contribution in [-0.4, -0.2) is 12.1 Å². The van der Waals surface area contributed by atoms with Gasteiger partial charge in [-0.05, 0) is 40.5 Å². The summed E-state index contributed by atoms with van der Waals surface area (Å²) >= 11 is 0. The van der Waals surface area contributed by atoms with Crippen LogP contribution in [0.5, 0.6) is 0 Å². The van der Waals surface area contributed by atoms with Crippen LogP contribution in [0.3, 0.4) is 0 Å². The first kappa shape index (κ1) is 17.7. The molecule has 2 aromatic carbocycles. The lowest BCUT2D eigenvalue weighted by molar-refractivity contribution is -0.150. The predicted octanol–water partition coefficient (Wildman–Crippen LogP) is 5.65. The minimum atomic E-state index is -0.308. The minimum Gasteiger partial charge on any atom is -0.459 e. The maximum absolute atomic E-state index is 11.9. The molecule has 25 heavy (non-hydrogen) atoms. The van der Waals surface area contributed by atoms with Gasteiger partial charge in [-0.3, -0.25) is 0 Å². The molecule has 0 bridgehead atoms. The second kappa shape index (κ2) is 7.03. The van der Waals surface area contributed by atoms with Crippen molar-refractivity contribution in [3.63, 3.8) is 0 Å². The van der Waals surface area contributed by atoms with Crippen molar-refractivity contribution in [2.45, 2.75) is 51.6 Å². The highest BCUT2D eigenvalue weighted by Gasteiger charge is 2.42. The molecule has 2 nitrogen and oxygen atoms in total. The van der Waals surface area contributed by atoms with Gasteiger partial charge in [-0.25, -0.2) is 4.79 Å². The average Bonchev–Trinajstić information content (AvgIpc) is 2.61. The molecular weight excluding hydrogens is 308 g/mol. The molecule has 3 rings (SSSR count). The zero-order chi connectivity index (χ0) is 18.0. The molecule has 2 aromatic rings. The third kappa shape index (κ3) is 3.49.